The van der Waals surface area contributed by atoms with Crippen LogP contribution in [-0.2, 0) is 20.5 Å². The van der Waals surface area contributed by atoms with Gasteiger partial charge in [-0.2, -0.15) is 13.2 Å². The lowest BCUT2D eigenvalue weighted by molar-refractivity contribution is -0.138. The molecule has 1 aliphatic heterocycles. The lowest BCUT2D eigenvalue weighted by Gasteiger charge is -2.35. The number of ether oxygens (including phenoxy) is 1. The van der Waals surface area contributed by atoms with Gasteiger partial charge in [-0.1, -0.05) is 12.1 Å². The Kier molecular flexibility index (Phi) is 6.83. The van der Waals surface area contributed by atoms with Crippen LogP contribution in [0.15, 0.2) is 24.3 Å². The number of amides is 2. The molecule has 0 radical (unpaired) electrons. The van der Waals surface area contributed by atoms with Gasteiger partial charge in [0, 0.05) is 20.1 Å². The maximum atomic E-state index is 13.0. The second-order valence-electron chi connectivity index (χ2n) is 6.79. The smallest absolute Gasteiger partial charge is 0.373 e. The first kappa shape index (κ1) is 21.2. The largest absolute Gasteiger partial charge is 0.418 e. The number of carbonyl (C=O) groups is 2. The molecular weight excluding hydrogens is 363 g/mol. The number of benzene rings is 1. The lowest BCUT2D eigenvalue weighted by atomic mass is 10.1. The Hall–Kier alpha value is -2.13. The van der Waals surface area contributed by atoms with Gasteiger partial charge in [0.15, 0.2) is 0 Å². The Morgan fingerprint density at radius 2 is 1.81 bits per heavy atom. The molecule has 2 atom stereocenters. The fourth-order valence-corrected chi connectivity index (χ4v) is 3.06. The highest BCUT2D eigenvalue weighted by Gasteiger charge is 2.33. The third kappa shape index (κ3) is 6.21. The molecule has 1 saturated heterocycles. The fourth-order valence-electron chi connectivity index (χ4n) is 3.06. The summed E-state index contributed by atoms with van der Waals surface area (Å²) in [4.78, 5) is 27.6. The Morgan fingerprint density at radius 3 is 2.41 bits per heavy atom. The number of anilines is 1. The Morgan fingerprint density at radius 1 is 1.22 bits per heavy atom. The van der Waals surface area contributed by atoms with Crippen LogP contribution in [0.3, 0.4) is 0 Å². The van der Waals surface area contributed by atoms with E-state index in [0.717, 1.165) is 6.07 Å². The van der Waals surface area contributed by atoms with Crippen LogP contribution < -0.4 is 5.32 Å². The van der Waals surface area contributed by atoms with Gasteiger partial charge >= 0.3 is 6.18 Å². The molecule has 0 saturated carbocycles. The fraction of sp³-hybridized carbons (Fsp3) is 0.556. The Bertz CT molecular complexity index is 671. The zero-order valence-corrected chi connectivity index (χ0v) is 15.5. The molecule has 1 N–H and O–H groups in total. The second kappa shape index (κ2) is 8.71. The average Bonchev–Trinajstić information content (AvgIpc) is 2.53. The molecule has 2 amide bonds. The third-order valence-electron chi connectivity index (χ3n) is 4.17. The van der Waals surface area contributed by atoms with Gasteiger partial charge in [-0.3, -0.25) is 14.5 Å². The minimum absolute atomic E-state index is 0.00836. The molecule has 0 aliphatic carbocycles. The summed E-state index contributed by atoms with van der Waals surface area (Å²) in [5.74, 6) is -0.971. The predicted octanol–water partition coefficient (Wildman–Crippen LogP) is 2.21. The molecule has 1 aromatic carbocycles. The van der Waals surface area contributed by atoms with Gasteiger partial charge in [0.2, 0.25) is 11.8 Å². The zero-order valence-electron chi connectivity index (χ0n) is 15.5. The molecule has 1 aromatic rings. The van der Waals surface area contributed by atoms with Crippen LogP contribution >= 0.6 is 0 Å². The summed E-state index contributed by atoms with van der Waals surface area (Å²) < 4.78 is 44.6. The molecule has 9 heteroatoms. The van der Waals surface area contributed by atoms with Gasteiger partial charge < -0.3 is 15.0 Å². The highest BCUT2D eigenvalue weighted by Crippen LogP contribution is 2.34. The SMILES string of the molecule is CC1CN(CC(=O)N(C)CC(=O)Nc2ccccc2C(F)(F)F)CC(C)O1. The number of para-hydroxylation sites is 1. The van der Waals surface area contributed by atoms with Crippen LogP contribution in [0.4, 0.5) is 18.9 Å². The highest BCUT2D eigenvalue weighted by atomic mass is 19.4. The molecule has 150 valence electrons. The van der Waals surface area contributed by atoms with Crippen LogP contribution in [-0.4, -0.2) is 67.0 Å². The molecule has 2 rings (SSSR count). The summed E-state index contributed by atoms with van der Waals surface area (Å²) in [6, 6.07) is 4.73. The summed E-state index contributed by atoms with van der Waals surface area (Å²) in [5, 5.41) is 2.23. The number of carbonyl (C=O) groups excluding carboxylic acids is 2. The molecule has 1 aliphatic rings. The number of hydrogen-bond donors (Lipinski definition) is 1. The van der Waals surface area contributed by atoms with Crippen LogP contribution in [0.2, 0.25) is 0 Å². The average molecular weight is 387 g/mol. The highest BCUT2D eigenvalue weighted by molar-refractivity contribution is 5.95. The van der Waals surface area contributed by atoms with Crippen molar-refractivity contribution >= 4 is 17.5 Å². The van der Waals surface area contributed by atoms with Gasteiger partial charge in [0.05, 0.1) is 36.5 Å². The van der Waals surface area contributed by atoms with E-state index in [2.05, 4.69) is 5.32 Å². The number of halogens is 3. The number of likely N-dealkylation sites (N-methyl/N-ethyl adjacent to an activating group) is 1. The molecule has 1 heterocycles. The number of rotatable bonds is 5. The van der Waals surface area contributed by atoms with Crippen molar-refractivity contribution in [3.8, 4) is 0 Å². The van der Waals surface area contributed by atoms with Crippen molar-refractivity contribution in [2.24, 2.45) is 0 Å². The summed E-state index contributed by atoms with van der Waals surface area (Å²) >= 11 is 0. The second-order valence-corrected chi connectivity index (χ2v) is 6.79. The van der Waals surface area contributed by atoms with E-state index in [1.54, 1.807) is 0 Å². The minimum atomic E-state index is -4.57. The van der Waals surface area contributed by atoms with Gasteiger partial charge in [0.25, 0.3) is 0 Å². The maximum absolute atomic E-state index is 13.0. The Labute approximate surface area is 156 Å². The van der Waals surface area contributed by atoms with Crippen molar-refractivity contribution in [2.75, 3.05) is 38.5 Å². The van der Waals surface area contributed by atoms with Gasteiger partial charge in [-0.15, -0.1) is 0 Å². The van der Waals surface area contributed by atoms with Gasteiger partial charge in [0.1, 0.15) is 0 Å². The van der Waals surface area contributed by atoms with Crippen LogP contribution in [0.5, 0.6) is 0 Å². The first-order chi connectivity index (χ1) is 12.6. The van der Waals surface area contributed by atoms with Gasteiger partial charge in [-0.25, -0.2) is 0 Å². The summed E-state index contributed by atoms with van der Waals surface area (Å²) in [7, 11) is 1.45. The topological polar surface area (TPSA) is 61.9 Å². The van der Waals surface area contributed by atoms with Crippen molar-refractivity contribution in [1.82, 2.24) is 9.80 Å². The molecule has 1 fully saturated rings. The number of morpholine rings is 1. The predicted molar refractivity (Wildman–Crippen MR) is 94.2 cm³/mol. The van der Waals surface area contributed by atoms with Crippen LogP contribution in [0, 0.1) is 0 Å². The molecule has 27 heavy (non-hydrogen) atoms. The summed E-state index contributed by atoms with van der Waals surface area (Å²) in [6.45, 7) is 4.84. The van der Waals surface area contributed by atoms with E-state index < -0.39 is 17.6 Å². The zero-order chi connectivity index (χ0) is 20.2. The van der Waals surface area contributed by atoms with E-state index in [1.165, 1.54) is 30.1 Å². The number of hydrogen-bond acceptors (Lipinski definition) is 4. The van der Waals surface area contributed by atoms with Crippen LogP contribution in [0.1, 0.15) is 19.4 Å². The van der Waals surface area contributed by atoms with Crippen molar-refractivity contribution in [1.29, 1.82) is 0 Å². The standard InChI is InChI=1S/C18H24F3N3O3/c1-12-8-24(9-13(2)27-12)11-17(26)23(3)10-16(25)22-15-7-5-4-6-14(15)18(19,20)21/h4-7,12-13H,8-11H2,1-3H3,(H,22,25). The molecular formula is C18H24F3N3O3. The quantitative estimate of drug-likeness (QED) is 0.842. The van der Waals surface area contributed by atoms with Gasteiger partial charge in [-0.05, 0) is 26.0 Å². The maximum Gasteiger partial charge on any atom is 0.418 e. The first-order valence-corrected chi connectivity index (χ1v) is 8.64. The molecule has 0 bridgehead atoms. The monoisotopic (exact) mass is 387 g/mol. The molecule has 0 spiro atoms. The Balaban J connectivity index is 1.91. The van der Waals surface area contributed by atoms with Crippen LogP contribution in [0.25, 0.3) is 0 Å². The van der Waals surface area contributed by atoms with Crippen molar-refractivity contribution < 1.29 is 27.5 Å². The normalized spacial score (nSPS) is 21.0. The van der Waals surface area contributed by atoms with E-state index in [4.69, 9.17) is 4.74 Å². The van der Waals surface area contributed by atoms with E-state index in [9.17, 15) is 22.8 Å². The lowest BCUT2D eigenvalue weighted by Crippen LogP contribution is -2.50. The number of nitrogens with one attached hydrogen (secondary N) is 1. The summed E-state index contributed by atoms with van der Waals surface area (Å²) in [6.07, 6.45) is -4.56. The first-order valence-electron chi connectivity index (χ1n) is 8.64. The van der Waals surface area contributed by atoms with Crippen molar-refractivity contribution in [3.63, 3.8) is 0 Å². The minimum Gasteiger partial charge on any atom is -0.373 e. The van der Waals surface area contributed by atoms with E-state index in [1.807, 2.05) is 18.7 Å². The molecule has 6 nitrogen and oxygen atoms in total. The third-order valence-corrected chi connectivity index (χ3v) is 4.17. The van der Waals surface area contributed by atoms with E-state index in [-0.39, 0.29) is 36.9 Å². The molecule has 0 aromatic heterocycles. The number of alkyl halides is 3. The molecule has 2 unspecified atom stereocenters. The van der Waals surface area contributed by atoms with E-state index in [0.29, 0.717) is 13.1 Å². The van der Waals surface area contributed by atoms with Crippen molar-refractivity contribution in [3.05, 3.63) is 29.8 Å². The van der Waals surface area contributed by atoms with Crippen molar-refractivity contribution in [2.45, 2.75) is 32.2 Å². The summed E-state index contributed by atoms with van der Waals surface area (Å²) in [5.41, 5.74) is -1.25. The van der Waals surface area contributed by atoms with E-state index >= 15 is 0 Å². The number of nitrogens with zero attached hydrogens (tertiary/aromatic N) is 2.